The maximum Gasteiger partial charge on any atom is 0.441 e. The van der Waals surface area contributed by atoms with Crippen LogP contribution < -0.4 is 11.1 Å². The number of halogens is 1. The third-order valence-electron chi connectivity index (χ3n) is 4.33. The topological polar surface area (TPSA) is 80.3 Å². The van der Waals surface area contributed by atoms with Gasteiger partial charge in [-0.25, -0.2) is 4.79 Å². The van der Waals surface area contributed by atoms with E-state index in [2.05, 4.69) is 10.5 Å². The number of para-hydroxylation sites is 1. The van der Waals surface area contributed by atoms with E-state index in [4.69, 9.17) is 4.52 Å². The summed E-state index contributed by atoms with van der Waals surface area (Å²) in [4.78, 5) is 11.9. The summed E-state index contributed by atoms with van der Waals surface area (Å²) in [6.07, 6.45) is 2.77. The molecular weight excluding hydrogens is 378 g/mol. The van der Waals surface area contributed by atoms with Crippen LogP contribution in [0.15, 0.2) is 57.8 Å². The van der Waals surface area contributed by atoms with Crippen LogP contribution in [0.4, 0.5) is 5.69 Å². The third-order valence-corrected chi connectivity index (χ3v) is 4.33. The molecule has 1 atom stereocenters. The maximum atomic E-state index is 11.9. The Hall–Kier alpha value is -2.83. The van der Waals surface area contributed by atoms with Crippen molar-refractivity contribution in [1.82, 2.24) is 9.72 Å². The van der Waals surface area contributed by atoms with E-state index < -0.39 is 11.9 Å². The van der Waals surface area contributed by atoms with Crippen molar-refractivity contribution in [3.05, 3.63) is 81.6 Å². The van der Waals surface area contributed by atoms with Crippen molar-refractivity contribution in [3.63, 3.8) is 0 Å². The Morgan fingerprint density at radius 3 is 2.46 bits per heavy atom. The number of aliphatic hydroxyl groups is 1. The van der Waals surface area contributed by atoms with Crippen LogP contribution in [0.1, 0.15) is 22.5 Å². The molecule has 0 aliphatic carbocycles. The lowest BCUT2D eigenvalue weighted by Crippen LogP contribution is -2.30. The van der Waals surface area contributed by atoms with Gasteiger partial charge in [0.15, 0.2) is 5.82 Å². The lowest BCUT2D eigenvalue weighted by atomic mass is 10.1. The minimum Gasteiger partial charge on any atom is -0.389 e. The summed E-state index contributed by atoms with van der Waals surface area (Å²) in [7, 11) is 0. The fraction of sp³-hybridized carbons (Fsp3) is 0.238. The number of aromatic nitrogens is 2. The average Bonchev–Trinajstić information content (AvgIpc) is 3.00. The number of aryl methyl sites for hydroxylation is 2. The SMILES string of the molecule is Cc1cccc(C)c1NCC(O)Cn1c(/C=C/c2ccccc2)noc1=O.Cl. The monoisotopic (exact) mass is 401 g/mol. The van der Waals surface area contributed by atoms with Crippen molar-refractivity contribution in [2.24, 2.45) is 0 Å². The van der Waals surface area contributed by atoms with Gasteiger partial charge in [0.2, 0.25) is 0 Å². The van der Waals surface area contributed by atoms with Gasteiger partial charge in [0.25, 0.3) is 0 Å². The standard InChI is InChI=1S/C21H23N3O3.ClH/c1-15-7-6-8-16(2)20(15)22-13-18(25)14-24-19(23-27-21(24)26)12-11-17-9-4-3-5-10-17;/h3-12,18,22,25H,13-14H2,1-2H3;1H/b12-11+;. The maximum absolute atomic E-state index is 11.9. The van der Waals surface area contributed by atoms with Crippen LogP contribution in [0.25, 0.3) is 12.2 Å². The molecule has 1 aromatic heterocycles. The molecule has 0 bridgehead atoms. The predicted molar refractivity (Wildman–Crippen MR) is 114 cm³/mol. The molecule has 1 heterocycles. The van der Waals surface area contributed by atoms with Crippen LogP contribution in [-0.4, -0.2) is 27.5 Å². The molecular formula is C21H24ClN3O3. The lowest BCUT2D eigenvalue weighted by Gasteiger charge is -2.16. The smallest absolute Gasteiger partial charge is 0.389 e. The molecule has 0 saturated carbocycles. The molecule has 0 fully saturated rings. The molecule has 0 amide bonds. The fourth-order valence-corrected chi connectivity index (χ4v) is 2.89. The first-order valence-electron chi connectivity index (χ1n) is 8.82. The highest BCUT2D eigenvalue weighted by Gasteiger charge is 2.14. The zero-order valence-corrected chi connectivity index (χ0v) is 16.6. The Morgan fingerprint density at radius 1 is 1.11 bits per heavy atom. The van der Waals surface area contributed by atoms with E-state index in [1.54, 1.807) is 6.08 Å². The molecule has 2 N–H and O–H groups in total. The summed E-state index contributed by atoms with van der Waals surface area (Å²) in [6, 6.07) is 15.7. The largest absolute Gasteiger partial charge is 0.441 e. The highest BCUT2D eigenvalue weighted by atomic mass is 35.5. The second kappa shape index (κ2) is 9.92. The van der Waals surface area contributed by atoms with Crippen LogP contribution >= 0.6 is 12.4 Å². The molecule has 6 nitrogen and oxygen atoms in total. The molecule has 0 spiro atoms. The van der Waals surface area contributed by atoms with E-state index in [0.29, 0.717) is 12.4 Å². The molecule has 148 valence electrons. The second-order valence-corrected chi connectivity index (χ2v) is 6.46. The van der Waals surface area contributed by atoms with Crippen LogP contribution in [0.2, 0.25) is 0 Å². The van der Waals surface area contributed by atoms with Crippen molar-refractivity contribution >= 4 is 30.2 Å². The first-order valence-corrected chi connectivity index (χ1v) is 8.82. The van der Waals surface area contributed by atoms with Crippen molar-refractivity contribution in [1.29, 1.82) is 0 Å². The first-order chi connectivity index (χ1) is 13.0. The molecule has 3 rings (SSSR count). The van der Waals surface area contributed by atoms with Crippen molar-refractivity contribution in [2.45, 2.75) is 26.5 Å². The number of rotatable bonds is 7. The van der Waals surface area contributed by atoms with Crippen LogP contribution in [0.3, 0.4) is 0 Å². The Bertz CT molecular complexity index is 960. The number of benzene rings is 2. The minimum atomic E-state index is -0.773. The summed E-state index contributed by atoms with van der Waals surface area (Å²) in [5.41, 5.74) is 4.20. The zero-order valence-electron chi connectivity index (χ0n) is 15.8. The van der Waals surface area contributed by atoms with Gasteiger partial charge in [0.05, 0.1) is 12.6 Å². The molecule has 7 heteroatoms. The Labute approximate surface area is 169 Å². The quantitative estimate of drug-likeness (QED) is 0.633. The van der Waals surface area contributed by atoms with E-state index in [1.165, 1.54) is 4.57 Å². The third kappa shape index (κ3) is 5.34. The van der Waals surface area contributed by atoms with Crippen molar-refractivity contribution in [3.8, 4) is 0 Å². The van der Waals surface area contributed by atoms with E-state index in [1.807, 2.05) is 68.5 Å². The summed E-state index contributed by atoms with van der Waals surface area (Å²) in [5.74, 6) is -0.219. The van der Waals surface area contributed by atoms with Crippen molar-refractivity contribution < 1.29 is 9.63 Å². The van der Waals surface area contributed by atoms with Gasteiger partial charge in [0, 0.05) is 12.2 Å². The number of nitrogens with one attached hydrogen (secondary N) is 1. The molecule has 28 heavy (non-hydrogen) atoms. The molecule has 2 aromatic carbocycles. The van der Waals surface area contributed by atoms with Crippen LogP contribution in [0.5, 0.6) is 0 Å². The summed E-state index contributed by atoms with van der Waals surface area (Å²) < 4.78 is 6.09. The van der Waals surface area contributed by atoms with Gasteiger partial charge >= 0.3 is 5.76 Å². The summed E-state index contributed by atoms with van der Waals surface area (Å²) >= 11 is 0. The summed E-state index contributed by atoms with van der Waals surface area (Å²) in [5, 5.41) is 17.4. The molecule has 0 aliphatic rings. The molecule has 3 aromatic rings. The Kier molecular flexibility index (Phi) is 7.61. The number of anilines is 1. The molecule has 1 unspecified atom stereocenters. The average molecular weight is 402 g/mol. The zero-order chi connectivity index (χ0) is 19.2. The van der Waals surface area contributed by atoms with Gasteiger partial charge in [-0.3, -0.25) is 9.09 Å². The number of nitrogens with zero attached hydrogens (tertiary/aromatic N) is 2. The van der Waals surface area contributed by atoms with E-state index >= 15 is 0 Å². The molecule has 0 saturated heterocycles. The summed E-state index contributed by atoms with van der Waals surface area (Å²) in [6.45, 7) is 4.43. The number of aliphatic hydroxyl groups excluding tert-OH is 1. The van der Waals surface area contributed by atoms with Gasteiger partial charge in [-0.2, -0.15) is 0 Å². The van der Waals surface area contributed by atoms with Gasteiger partial charge in [0.1, 0.15) is 0 Å². The first kappa shape index (κ1) is 21.5. The second-order valence-electron chi connectivity index (χ2n) is 6.46. The van der Waals surface area contributed by atoms with Crippen molar-refractivity contribution in [2.75, 3.05) is 11.9 Å². The predicted octanol–water partition coefficient (Wildman–Crippen LogP) is 3.52. The Balaban J connectivity index is 0.00000280. The van der Waals surface area contributed by atoms with Gasteiger partial charge in [-0.05, 0) is 36.6 Å². The highest BCUT2D eigenvalue weighted by molar-refractivity contribution is 5.85. The lowest BCUT2D eigenvalue weighted by molar-refractivity contribution is 0.163. The van der Waals surface area contributed by atoms with E-state index in [-0.39, 0.29) is 19.0 Å². The Morgan fingerprint density at radius 2 is 1.79 bits per heavy atom. The van der Waals surface area contributed by atoms with Gasteiger partial charge in [-0.15, -0.1) is 12.4 Å². The fourth-order valence-electron chi connectivity index (χ4n) is 2.89. The van der Waals surface area contributed by atoms with Crippen LogP contribution in [0, 0.1) is 13.8 Å². The minimum absolute atomic E-state index is 0. The van der Waals surface area contributed by atoms with Gasteiger partial charge < -0.3 is 10.4 Å². The van der Waals surface area contributed by atoms with E-state index in [9.17, 15) is 9.90 Å². The highest BCUT2D eigenvalue weighted by Crippen LogP contribution is 2.19. The molecule has 0 radical (unpaired) electrons. The number of hydrogen-bond acceptors (Lipinski definition) is 5. The van der Waals surface area contributed by atoms with E-state index in [0.717, 1.165) is 22.4 Å². The normalized spacial score (nSPS) is 12.0. The number of hydrogen-bond donors (Lipinski definition) is 2. The molecule has 0 aliphatic heterocycles. The van der Waals surface area contributed by atoms with Gasteiger partial charge in [-0.1, -0.05) is 59.8 Å². The van der Waals surface area contributed by atoms with Crippen LogP contribution in [-0.2, 0) is 6.54 Å².